The molecule has 2 aromatic carbocycles. The molecule has 1 atom stereocenters. The second kappa shape index (κ2) is 7.28. The van der Waals surface area contributed by atoms with Crippen molar-refractivity contribution < 1.29 is 0 Å². The molecule has 1 unspecified atom stereocenters. The van der Waals surface area contributed by atoms with Crippen molar-refractivity contribution >= 4 is 5.69 Å². The van der Waals surface area contributed by atoms with Gasteiger partial charge in [-0.2, -0.15) is 0 Å². The normalized spacial score (nSPS) is 12.2. The highest BCUT2D eigenvalue weighted by molar-refractivity contribution is 5.68. The first-order valence-electron chi connectivity index (χ1n) is 7.67. The molecule has 0 heterocycles. The molecule has 112 valence electrons. The number of hydrogen-bond donors (Lipinski definition) is 1. The molecule has 0 saturated heterocycles. The van der Waals surface area contributed by atoms with E-state index in [2.05, 4.69) is 74.4 Å². The van der Waals surface area contributed by atoms with Gasteiger partial charge < -0.3 is 10.6 Å². The van der Waals surface area contributed by atoms with Crippen molar-refractivity contribution in [3.05, 3.63) is 54.1 Å². The average molecular weight is 282 g/mol. The van der Waals surface area contributed by atoms with Crippen LogP contribution in [0, 0.1) is 5.92 Å². The standard InChI is InChI=1S/C19H26N2/c1-15(11-12-20)13-16-7-9-17(10-8-16)18-5-4-6-19(14-18)21(2)3/h4-10,14-15H,11-13,20H2,1-3H3. The van der Waals surface area contributed by atoms with Gasteiger partial charge in [0.15, 0.2) is 0 Å². The van der Waals surface area contributed by atoms with E-state index in [1.807, 2.05) is 0 Å². The van der Waals surface area contributed by atoms with Crippen molar-refractivity contribution in [3.63, 3.8) is 0 Å². The van der Waals surface area contributed by atoms with Gasteiger partial charge in [0.25, 0.3) is 0 Å². The minimum Gasteiger partial charge on any atom is -0.378 e. The molecule has 2 aromatic rings. The third-order valence-electron chi connectivity index (χ3n) is 3.89. The summed E-state index contributed by atoms with van der Waals surface area (Å²) in [5, 5.41) is 0. The van der Waals surface area contributed by atoms with Crippen LogP contribution < -0.4 is 10.6 Å². The van der Waals surface area contributed by atoms with Crippen LogP contribution in [0.2, 0.25) is 0 Å². The fraction of sp³-hybridized carbons (Fsp3) is 0.368. The summed E-state index contributed by atoms with van der Waals surface area (Å²) in [4.78, 5) is 2.13. The Morgan fingerprint density at radius 1 is 1.00 bits per heavy atom. The Labute approximate surface area is 128 Å². The Morgan fingerprint density at radius 3 is 2.33 bits per heavy atom. The lowest BCUT2D eigenvalue weighted by atomic mass is 9.96. The summed E-state index contributed by atoms with van der Waals surface area (Å²) in [6.45, 7) is 3.04. The van der Waals surface area contributed by atoms with E-state index in [1.165, 1.54) is 22.4 Å². The third kappa shape index (κ3) is 4.33. The zero-order chi connectivity index (χ0) is 15.2. The van der Waals surface area contributed by atoms with Gasteiger partial charge in [-0.25, -0.2) is 0 Å². The quantitative estimate of drug-likeness (QED) is 0.869. The molecule has 0 amide bonds. The van der Waals surface area contributed by atoms with Gasteiger partial charge in [-0.3, -0.25) is 0 Å². The van der Waals surface area contributed by atoms with Gasteiger partial charge in [0.2, 0.25) is 0 Å². The van der Waals surface area contributed by atoms with Crippen molar-refractivity contribution in [1.29, 1.82) is 0 Å². The predicted molar refractivity (Wildman–Crippen MR) is 92.7 cm³/mol. The Balaban J connectivity index is 2.13. The lowest BCUT2D eigenvalue weighted by Gasteiger charge is -2.14. The molecule has 0 saturated carbocycles. The lowest BCUT2D eigenvalue weighted by Crippen LogP contribution is -2.08. The first-order chi connectivity index (χ1) is 10.1. The molecule has 0 bridgehead atoms. The maximum Gasteiger partial charge on any atom is 0.0367 e. The van der Waals surface area contributed by atoms with Gasteiger partial charge in [0.05, 0.1) is 0 Å². The van der Waals surface area contributed by atoms with E-state index >= 15 is 0 Å². The first-order valence-corrected chi connectivity index (χ1v) is 7.67. The smallest absolute Gasteiger partial charge is 0.0367 e. The Morgan fingerprint density at radius 2 is 1.71 bits per heavy atom. The Hall–Kier alpha value is -1.80. The van der Waals surface area contributed by atoms with Crippen molar-refractivity contribution in [2.45, 2.75) is 19.8 Å². The zero-order valence-corrected chi connectivity index (χ0v) is 13.3. The van der Waals surface area contributed by atoms with E-state index in [1.54, 1.807) is 0 Å². The Kier molecular flexibility index (Phi) is 5.40. The molecule has 0 radical (unpaired) electrons. The third-order valence-corrected chi connectivity index (χ3v) is 3.89. The second-order valence-electron chi connectivity index (χ2n) is 6.03. The van der Waals surface area contributed by atoms with Crippen LogP contribution in [0.4, 0.5) is 5.69 Å². The number of nitrogens with zero attached hydrogens (tertiary/aromatic N) is 1. The maximum absolute atomic E-state index is 5.62. The van der Waals surface area contributed by atoms with E-state index < -0.39 is 0 Å². The number of rotatable bonds is 6. The summed E-state index contributed by atoms with van der Waals surface area (Å²) in [6, 6.07) is 17.6. The van der Waals surface area contributed by atoms with Crippen molar-refractivity contribution in [2.75, 3.05) is 25.5 Å². The molecule has 0 aromatic heterocycles. The topological polar surface area (TPSA) is 29.3 Å². The molecule has 0 spiro atoms. The zero-order valence-electron chi connectivity index (χ0n) is 13.3. The summed E-state index contributed by atoms with van der Waals surface area (Å²) in [7, 11) is 4.14. The van der Waals surface area contributed by atoms with E-state index in [4.69, 9.17) is 5.73 Å². The fourth-order valence-corrected chi connectivity index (χ4v) is 2.59. The summed E-state index contributed by atoms with van der Waals surface area (Å²) in [6.07, 6.45) is 2.20. The van der Waals surface area contributed by atoms with Gasteiger partial charge in [-0.15, -0.1) is 0 Å². The summed E-state index contributed by atoms with van der Waals surface area (Å²) >= 11 is 0. The van der Waals surface area contributed by atoms with Gasteiger partial charge in [0, 0.05) is 19.8 Å². The van der Waals surface area contributed by atoms with Crippen molar-refractivity contribution in [3.8, 4) is 11.1 Å². The monoisotopic (exact) mass is 282 g/mol. The van der Waals surface area contributed by atoms with Gasteiger partial charge in [-0.05, 0) is 54.1 Å². The highest BCUT2D eigenvalue weighted by atomic mass is 15.1. The summed E-state index contributed by atoms with van der Waals surface area (Å²) < 4.78 is 0. The van der Waals surface area contributed by atoms with E-state index in [9.17, 15) is 0 Å². The summed E-state index contributed by atoms with van der Waals surface area (Å²) in [5.41, 5.74) is 10.8. The number of hydrogen-bond acceptors (Lipinski definition) is 2. The second-order valence-corrected chi connectivity index (χ2v) is 6.03. The van der Waals surface area contributed by atoms with Crippen LogP contribution in [-0.4, -0.2) is 20.6 Å². The van der Waals surface area contributed by atoms with Gasteiger partial charge in [0.1, 0.15) is 0 Å². The highest BCUT2D eigenvalue weighted by Crippen LogP contribution is 2.24. The van der Waals surface area contributed by atoms with Crippen LogP contribution in [0.1, 0.15) is 18.9 Å². The molecule has 21 heavy (non-hydrogen) atoms. The average Bonchev–Trinajstić information content (AvgIpc) is 2.48. The largest absolute Gasteiger partial charge is 0.378 e. The molecule has 2 rings (SSSR count). The molecule has 0 aliphatic rings. The molecule has 0 aliphatic heterocycles. The first kappa shape index (κ1) is 15.6. The minimum absolute atomic E-state index is 0.651. The molecular weight excluding hydrogens is 256 g/mol. The molecule has 0 aliphatic carbocycles. The van der Waals surface area contributed by atoms with Crippen molar-refractivity contribution in [1.82, 2.24) is 0 Å². The van der Waals surface area contributed by atoms with E-state index in [0.29, 0.717) is 5.92 Å². The molecule has 2 nitrogen and oxygen atoms in total. The minimum atomic E-state index is 0.651. The van der Waals surface area contributed by atoms with E-state index in [0.717, 1.165) is 19.4 Å². The number of nitrogens with two attached hydrogens (primary N) is 1. The van der Waals surface area contributed by atoms with Gasteiger partial charge in [-0.1, -0.05) is 43.3 Å². The van der Waals surface area contributed by atoms with Crippen LogP contribution in [0.15, 0.2) is 48.5 Å². The Bertz CT molecular complexity index is 558. The van der Waals surface area contributed by atoms with Gasteiger partial charge >= 0.3 is 0 Å². The van der Waals surface area contributed by atoms with Crippen LogP contribution in [0.25, 0.3) is 11.1 Å². The fourth-order valence-electron chi connectivity index (χ4n) is 2.59. The molecule has 2 N–H and O–H groups in total. The number of benzene rings is 2. The van der Waals surface area contributed by atoms with Crippen LogP contribution in [0.3, 0.4) is 0 Å². The van der Waals surface area contributed by atoms with Crippen LogP contribution in [0.5, 0.6) is 0 Å². The highest BCUT2D eigenvalue weighted by Gasteiger charge is 2.04. The molecular formula is C19H26N2. The van der Waals surface area contributed by atoms with Crippen LogP contribution >= 0.6 is 0 Å². The van der Waals surface area contributed by atoms with Crippen molar-refractivity contribution in [2.24, 2.45) is 11.7 Å². The van der Waals surface area contributed by atoms with E-state index in [-0.39, 0.29) is 0 Å². The van der Waals surface area contributed by atoms with Crippen LogP contribution in [-0.2, 0) is 6.42 Å². The predicted octanol–water partition coefficient (Wildman–Crippen LogP) is 3.95. The maximum atomic E-state index is 5.62. The summed E-state index contributed by atoms with van der Waals surface area (Å²) in [5.74, 6) is 0.651. The SMILES string of the molecule is CC(CCN)Cc1ccc(-c2cccc(N(C)C)c2)cc1. The molecule has 2 heteroatoms. The molecule has 0 fully saturated rings. The number of anilines is 1. The lowest BCUT2D eigenvalue weighted by molar-refractivity contribution is 0.538.